The van der Waals surface area contributed by atoms with Gasteiger partial charge in [-0.2, -0.15) is 18.3 Å². The largest absolute Gasteiger partial charge is 0.466 e. The van der Waals surface area contributed by atoms with Gasteiger partial charge in [0.05, 0.1) is 5.71 Å². The highest BCUT2D eigenvalue weighted by Crippen LogP contribution is 2.22. The van der Waals surface area contributed by atoms with Gasteiger partial charge in [0.2, 0.25) is 0 Å². The van der Waals surface area contributed by atoms with Gasteiger partial charge in [0.15, 0.2) is 12.4 Å². The molecule has 0 atom stereocenters. The number of ether oxygens (including phenoxy) is 1. The van der Waals surface area contributed by atoms with Crippen LogP contribution in [-0.4, -0.2) is 35.2 Å². The summed E-state index contributed by atoms with van der Waals surface area (Å²) < 4.78 is 54.3. The molecule has 0 saturated carbocycles. The fraction of sp³-hybridized carbons (Fsp3) is 0.214. The standard InChI is InChI=1S/C14H12F4N4O/c1-3-12-21-11(4-5-22(12)19-2)9-6-10(15)13(20-7-9)23-8-14(16,17)18/h3-7H,2,8H2,1H3/b12-3-. The number of rotatable bonds is 4. The molecule has 23 heavy (non-hydrogen) atoms. The van der Waals surface area contributed by atoms with E-state index in [4.69, 9.17) is 0 Å². The van der Waals surface area contributed by atoms with Crippen molar-refractivity contribution in [2.75, 3.05) is 6.61 Å². The molecular formula is C14H12F4N4O. The van der Waals surface area contributed by atoms with Crippen LogP contribution in [0.2, 0.25) is 0 Å². The summed E-state index contributed by atoms with van der Waals surface area (Å²) in [7, 11) is 0. The van der Waals surface area contributed by atoms with E-state index in [9.17, 15) is 17.6 Å². The van der Waals surface area contributed by atoms with Crippen LogP contribution >= 0.6 is 0 Å². The lowest BCUT2D eigenvalue weighted by Crippen LogP contribution is -2.20. The molecule has 0 saturated heterocycles. The van der Waals surface area contributed by atoms with Crippen LogP contribution in [0.25, 0.3) is 0 Å². The Bertz CT molecular complexity index is 695. The minimum absolute atomic E-state index is 0.293. The lowest BCUT2D eigenvalue weighted by atomic mass is 10.1. The Morgan fingerprint density at radius 2 is 2.17 bits per heavy atom. The van der Waals surface area contributed by atoms with E-state index in [1.807, 2.05) is 0 Å². The van der Waals surface area contributed by atoms with Crippen LogP contribution in [0.3, 0.4) is 0 Å². The van der Waals surface area contributed by atoms with E-state index in [0.29, 0.717) is 17.1 Å². The molecule has 0 aromatic carbocycles. The summed E-state index contributed by atoms with van der Waals surface area (Å²) in [5.41, 5.74) is 0.674. The average Bonchev–Trinajstić information content (AvgIpc) is 2.52. The van der Waals surface area contributed by atoms with Gasteiger partial charge in [-0.25, -0.2) is 19.4 Å². The van der Waals surface area contributed by atoms with E-state index in [2.05, 4.69) is 26.5 Å². The van der Waals surface area contributed by atoms with Crippen LogP contribution < -0.4 is 4.74 Å². The summed E-state index contributed by atoms with van der Waals surface area (Å²) in [4.78, 5) is 7.80. The zero-order valence-electron chi connectivity index (χ0n) is 12.0. The van der Waals surface area contributed by atoms with E-state index in [1.165, 1.54) is 11.2 Å². The molecule has 0 spiro atoms. The van der Waals surface area contributed by atoms with Crippen molar-refractivity contribution < 1.29 is 22.3 Å². The normalized spacial score (nSPS) is 16.5. The lowest BCUT2D eigenvalue weighted by molar-refractivity contribution is -0.154. The Labute approximate surface area is 129 Å². The van der Waals surface area contributed by atoms with Gasteiger partial charge in [-0.1, -0.05) is 0 Å². The highest BCUT2D eigenvalue weighted by Gasteiger charge is 2.29. The van der Waals surface area contributed by atoms with Crippen molar-refractivity contribution >= 4 is 12.4 Å². The SMILES string of the molecule is C=NN1C=CC(c2cnc(OCC(F)(F)F)c(F)c2)=N/C1=C/C. The Morgan fingerprint density at radius 3 is 2.74 bits per heavy atom. The number of halogens is 4. The van der Waals surface area contributed by atoms with Crippen molar-refractivity contribution in [3.05, 3.63) is 47.8 Å². The van der Waals surface area contributed by atoms with Crippen LogP contribution in [0.1, 0.15) is 12.5 Å². The fourth-order valence-electron chi connectivity index (χ4n) is 1.73. The van der Waals surface area contributed by atoms with Gasteiger partial charge in [-0.15, -0.1) is 0 Å². The van der Waals surface area contributed by atoms with Gasteiger partial charge in [0.1, 0.15) is 5.82 Å². The Hall–Kier alpha value is -2.71. The molecule has 1 aromatic heterocycles. The number of alkyl halides is 3. The minimum atomic E-state index is -4.56. The first-order valence-electron chi connectivity index (χ1n) is 6.38. The first-order valence-corrected chi connectivity index (χ1v) is 6.38. The Balaban J connectivity index is 2.22. The molecule has 1 aromatic rings. The van der Waals surface area contributed by atoms with Crippen LogP contribution in [0.4, 0.5) is 17.6 Å². The molecule has 1 aliphatic rings. The van der Waals surface area contributed by atoms with E-state index < -0.39 is 24.5 Å². The van der Waals surface area contributed by atoms with E-state index >= 15 is 0 Å². The number of hydrogen-bond acceptors (Lipinski definition) is 5. The lowest BCUT2D eigenvalue weighted by Gasteiger charge is -2.19. The first-order chi connectivity index (χ1) is 10.8. The third-order valence-electron chi connectivity index (χ3n) is 2.73. The quantitative estimate of drug-likeness (QED) is 0.630. The van der Waals surface area contributed by atoms with E-state index in [1.54, 1.807) is 25.3 Å². The van der Waals surface area contributed by atoms with Crippen molar-refractivity contribution in [1.29, 1.82) is 0 Å². The predicted octanol–water partition coefficient (Wildman–Crippen LogP) is 3.26. The zero-order chi connectivity index (χ0) is 17.0. The van der Waals surface area contributed by atoms with Crippen LogP contribution in [0.5, 0.6) is 5.88 Å². The molecule has 5 nitrogen and oxygen atoms in total. The molecule has 0 aliphatic carbocycles. The number of nitrogens with zero attached hydrogens (tertiary/aromatic N) is 4. The topological polar surface area (TPSA) is 50.1 Å². The molecule has 122 valence electrons. The highest BCUT2D eigenvalue weighted by molar-refractivity contribution is 6.09. The summed E-state index contributed by atoms with van der Waals surface area (Å²) in [5.74, 6) is -1.25. The molecule has 9 heteroatoms. The summed E-state index contributed by atoms with van der Waals surface area (Å²) in [6, 6.07) is 1.01. The summed E-state index contributed by atoms with van der Waals surface area (Å²) in [6.07, 6.45) is 1.40. The van der Waals surface area contributed by atoms with Crippen molar-refractivity contribution in [2.24, 2.45) is 10.1 Å². The Morgan fingerprint density at radius 1 is 1.43 bits per heavy atom. The smallest absolute Gasteiger partial charge is 0.422 e. The zero-order valence-corrected chi connectivity index (χ0v) is 12.0. The van der Waals surface area contributed by atoms with Gasteiger partial charge in [-0.05, 0) is 25.1 Å². The fourth-order valence-corrected chi connectivity index (χ4v) is 1.73. The van der Waals surface area contributed by atoms with Gasteiger partial charge < -0.3 is 4.74 Å². The molecule has 0 amide bonds. The number of aliphatic imine (C=N–C) groups is 1. The first kappa shape index (κ1) is 16.7. The third kappa shape index (κ3) is 4.15. The molecule has 0 radical (unpaired) electrons. The van der Waals surface area contributed by atoms with Gasteiger partial charge >= 0.3 is 6.18 Å². The maximum atomic E-state index is 13.8. The molecule has 0 unspecified atom stereocenters. The van der Waals surface area contributed by atoms with Crippen molar-refractivity contribution in [3.63, 3.8) is 0 Å². The van der Waals surface area contributed by atoms with Gasteiger partial charge in [0, 0.05) is 24.7 Å². The average molecular weight is 328 g/mol. The number of allylic oxidation sites excluding steroid dienone is 2. The van der Waals surface area contributed by atoms with Crippen LogP contribution in [-0.2, 0) is 0 Å². The number of pyridine rings is 1. The van der Waals surface area contributed by atoms with Crippen LogP contribution in [0, 0.1) is 5.82 Å². The van der Waals surface area contributed by atoms with Gasteiger partial charge in [-0.3, -0.25) is 0 Å². The second-order valence-corrected chi connectivity index (χ2v) is 4.36. The van der Waals surface area contributed by atoms with E-state index in [-0.39, 0.29) is 0 Å². The molecule has 1 aliphatic heterocycles. The maximum Gasteiger partial charge on any atom is 0.422 e. The minimum Gasteiger partial charge on any atom is -0.466 e. The molecule has 0 N–H and O–H groups in total. The molecule has 0 bridgehead atoms. The van der Waals surface area contributed by atoms with Crippen molar-refractivity contribution in [2.45, 2.75) is 13.1 Å². The molecular weight excluding hydrogens is 316 g/mol. The molecule has 2 rings (SSSR count). The summed E-state index contributed by atoms with van der Waals surface area (Å²) in [5, 5.41) is 5.12. The highest BCUT2D eigenvalue weighted by atomic mass is 19.4. The summed E-state index contributed by atoms with van der Waals surface area (Å²) >= 11 is 0. The third-order valence-corrected chi connectivity index (χ3v) is 2.73. The predicted molar refractivity (Wildman–Crippen MR) is 76.6 cm³/mol. The van der Waals surface area contributed by atoms with Gasteiger partial charge in [0.25, 0.3) is 5.88 Å². The number of aromatic nitrogens is 1. The van der Waals surface area contributed by atoms with Crippen molar-refractivity contribution in [3.8, 4) is 5.88 Å². The second kappa shape index (κ2) is 6.59. The van der Waals surface area contributed by atoms with Crippen LogP contribution in [0.15, 0.2) is 46.5 Å². The second-order valence-electron chi connectivity index (χ2n) is 4.36. The molecule has 2 heterocycles. The Kier molecular flexibility index (Phi) is 4.77. The van der Waals surface area contributed by atoms with E-state index in [0.717, 1.165) is 6.07 Å². The maximum absolute atomic E-state index is 13.8. The molecule has 0 fully saturated rings. The number of hydrazone groups is 1. The summed E-state index contributed by atoms with van der Waals surface area (Å²) in [6.45, 7) is 3.51. The van der Waals surface area contributed by atoms with Crippen molar-refractivity contribution in [1.82, 2.24) is 9.99 Å². The monoisotopic (exact) mass is 328 g/mol. The number of hydrogen-bond donors (Lipinski definition) is 0.